The summed E-state index contributed by atoms with van der Waals surface area (Å²) >= 11 is 0. The third-order valence-electron chi connectivity index (χ3n) is 5.28. The molecule has 13 heteroatoms. The molecule has 0 bridgehead atoms. The van der Waals surface area contributed by atoms with Crippen LogP contribution in [0.15, 0.2) is 53.4 Å². The maximum absolute atomic E-state index is 13.3. The first-order valence-electron chi connectivity index (χ1n) is 10.4. The molecule has 9 nitrogen and oxygen atoms in total. The molecular weight excluding hydrogens is 485 g/mol. The average Bonchev–Trinajstić information content (AvgIpc) is 3.22. The minimum absolute atomic E-state index is 0.00230. The van der Waals surface area contributed by atoms with Crippen molar-refractivity contribution in [3.05, 3.63) is 65.2 Å². The van der Waals surface area contributed by atoms with Gasteiger partial charge in [0, 0.05) is 23.4 Å². The molecule has 2 aromatic carbocycles. The highest BCUT2D eigenvalue weighted by atomic mass is 32.2. The molecule has 0 saturated carbocycles. The Labute approximate surface area is 199 Å². The summed E-state index contributed by atoms with van der Waals surface area (Å²) in [5.74, 6) is -0.876. The summed E-state index contributed by atoms with van der Waals surface area (Å²) in [5, 5.41) is 5.10. The molecule has 0 unspecified atom stereocenters. The second-order valence-electron chi connectivity index (χ2n) is 7.87. The van der Waals surface area contributed by atoms with Gasteiger partial charge in [-0.3, -0.25) is 4.79 Å². The van der Waals surface area contributed by atoms with E-state index >= 15 is 0 Å². The molecular formula is C22H21F3N6O3S. The second-order valence-corrected chi connectivity index (χ2v) is 9.74. The lowest BCUT2D eigenvalue weighted by molar-refractivity contribution is -0.115. The summed E-state index contributed by atoms with van der Waals surface area (Å²) in [6, 6.07) is 12.2. The quantitative estimate of drug-likeness (QED) is 0.448. The van der Waals surface area contributed by atoms with Crippen molar-refractivity contribution in [3.63, 3.8) is 0 Å². The van der Waals surface area contributed by atoms with Crippen LogP contribution in [0.4, 0.5) is 36.4 Å². The predicted octanol–water partition coefficient (Wildman–Crippen LogP) is 3.35. The van der Waals surface area contributed by atoms with Gasteiger partial charge in [-0.1, -0.05) is 17.7 Å². The van der Waals surface area contributed by atoms with E-state index in [4.69, 9.17) is 5.73 Å². The number of sulfonamides is 1. The number of benzene rings is 2. The summed E-state index contributed by atoms with van der Waals surface area (Å²) in [7, 11) is -4.02. The van der Waals surface area contributed by atoms with Gasteiger partial charge >= 0.3 is 6.18 Å². The maximum Gasteiger partial charge on any atom is 0.405 e. The Morgan fingerprint density at radius 1 is 1.09 bits per heavy atom. The summed E-state index contributed by atoms with van der Waals surface area (Å²) in [4.78, 5) is 19.8. The molecule has 0 saturated heterocycles. The molecule has 1 amide bonds. The summed E-state index contributed by atoms with van der Waals surface area (Å²) in [6.45, 7) is 0.465. The fourth-order valence-electron chi connectivity index (χ4n) is 3.53. The summed E-state index contributed by atoms with van der Waals surface area (Å²) in [5.41, 5.74) is 7.05. The van der Waals surface area contributed by atoms with Crippen LogP contribution in [0, 0.1) is 6.92 Å². The van der Waals surface area contributed by atoms with Gasteiger partial charge < -0.3 is 16.4 Å². The average molecular weight is 507 g/mol. The lowest BCUT2D eigenvalue weighted by Gasteiger charge is -2.20. The van der Waals surface area contributed by atoms with E-state index in [9.17, 15) is 26.4 Å². The van der Waals surface area contributed by atoms with Gasteiger partial charge in [-0.2, -0.15) is 23.1 Å². The number of aryl methyl sites for hydroxylation is 1. The molecule has 4 rings (SSSR count). The number of nitrogens with one attached hydrogen (secondary N) is 2. The number of rotatable bonds is 7. The molecule has 0 fully saturated rings. The lowest BCUT2D eigenvalue weighted by atomic mass is 10.2. The summed E-state index contributed by atoms with van der Waals surface area (Å²) in [6.07, 6.45) is -4.38. The first kappa shape index (κ1) is 24.3. The van der Waals surface area contributed by atoms with Gasteiger partial charge in [0.25, 0.3) is 10.0 Å². The molecule has 0 spiro atoms. The zero-order valence-electron chi connectivity index (χ0n) is 18.4. The highest BCUT2D eigenvalue weighted by Crippen LogP contribution is 2.36. The molecule has 0 aliphatic carbocycles. The van der Waals surface area contributed by atoms with Crippen molar-refractivity contribution >= 4 is 39.2 Å². The first-order valence-corrected chi connectivity index (χ1v) is 11.9. The van der Waals surface area contributed by atoms with Gasteiger partial charge in [-0.05, 0) is 49.7 Å². The number of nitrogens with zero attached hydrogens (tertiary/aromatic N) is 3. The van der Waals surface area contributed by atoms with E-state index in [1.807, 2.05) is 6.92 Å². The minimum Gasteiger partial charge on any atom is -0.366 e. The monoisotopic (exact) mass is 506 g/mol. The van der Waals surface area contributed by atoms with Crippen LogP contribution >= 0.6 is 0 Å². The SMILES string of the molecule is Cc1ccc(S(=O)(=O)N2CCc3c(NCC(F)(F)F)nc(Nc4ccc(C(N)=O)cc4)nc32)cc1. The van der Waals surface area contributed by atoms with Gasteiger partial charge in [-0.15, -0.1) is 0 Å². The largest absolute Gasteiger partial charge is 0.405 e. The fourth-order valence-corrected chi connectivity index (χ4v) is 4.98. The molecule has 4 N–H and O–H groups in total. The van der Waals surface area contributed by atoms with Gasteiger partial charge in [0.1, 0.15) is 12.4 Å². The molecule has 184 valence electrons. The number of nitrogens with two attached hydrogens (primary N) is 1. The number of primary amides is 1. The summed E-state index contributed by atoms with van der Waals surface area (Å²) < 4.78 is 66.4. The Morgan fingerprint density at radius 2 is 1.74 bits per heavy atom. The number of amides is 1. The van der Waals surface area contributed by atoms with Crippen molar-refractivity contribution in [1.82, 2.24) is 9.97 Å². The molecule has 35 heavy (non-hydrogen) atoms. The first-order chi connectivity index (χ1) is 16.4. The molecule has 2 heterocycles. The molecule has 0 radical (unpaired) electrons. The van der Waals surface area contributed by atoms with E-state index in [1.165, 1.54) is 36.4 Å². The molecule has 1 aliphatic rings. The van der Waals surface area contributed by atoms with Gasteiger partial charge in [-0.25, -0.2) is 12.7 Å². The Kier molecular flexibility index (Phi) is 6.28. The normalized spacial score (nSPS) is 13.4. The van der Waals surface area contributed by atoms with E-state index < -0.39 is 28.7 Å². The van der Waals surface area contributed by atoms with Gasteiger partial charge in [0.05, 0.1) is 4.90 Å². The number of fused-ring (bicyclic) bond motifs is 1. The molecule has 1 aliphatic heterocycles. The topological polar surface area (TPSA) is 130 Å². The molecule has 3 aromatic rings. The van der Waals surface area contributed by atoms with Crippen LogP contribution in [-0.2, 0) is 16.4 Å². The fraction of sp³-hybridized carbons (Fsp3) is 0.227. The number of halogens is 3. The van der Waals surface area contributed by atoms with Crippen molar-refractivity contribution in [2.75, 3.05) is 28.0 Å². The zero-order chi connectivity index (χ0) is 25.4. The third kappa shape index (κ3) is 5.29. The number of carbonyl (C=O) groups excluding carboxylic acids is 1. The van der Waals surface area contributed by atoms with Crippen LogP contribution in [0.1, 0.15) is 21.5 Å². The maximum atomic E-state index is 13.3. The van der Waals surface area contributed by atoms with E-state index in [0.717, 1.165) is 9.87 Å². The van der Waals surface area contributed by atoms with E-state index in [-0.39, 0.29) is 46.6 Å². The highest BCUT2D eigenvalue weighted by Gasteiger charge is 2.36. The van der Waals surface area contributed by atoms with Crippen LogP contribution in [0.25, 0.3) is 0 Å². The third-order valence-corrected chi connectivity index (χ3v) is 7.08. The van der Waals surface area contributed by atoms with Crippen LogP contribution in [0.5, 0.6) is 0 Å². The second kappa shape index (κ2) is 9.06. The number of hydrogen-bond donors (Lipinski definition) is 3. The highest BCUT2D eigenvalue weighted by molar-refractivity contribution is 7.92. The number of anilines is 4. The number of carbonyl (C=O) groups is 1. The lowest BCUT2D eigenvalue weighted by Crippen LogP contribution is -2.30. The van der Waals surface area contributed by atoms with Crippen molar-refractivity contribution in [3.8, 4) is 0 Å². The van der Waals surface area contributed by atoms with E-state index in [1.54, 1.807) is 12.1 Å². The standard InChI is InChI=1S/C22H21F3N6O3S/c1-13-2-8-16(9-3-13)35(33,34)31-11-10-17-19(27-12-22(23,24)25)29-21(30-20(17)31)28-15-6-4-14(5-7-15)18(26)32/h2-9H,10-12H2,1H3,(H2,26,32)(H2,27,28,29,30). The van der Waals surface area contributed by atoms with Crippen LogP contribution in [0.2, 0.25) is 0 Å². The zero-order valence-corrected chi connectivity index (χ0v) is 19.2. The van der Waals surface area contributed by atoms with Crippen LogP contribution in [0.3, 0.4) is 0 Å². The molecule has 0 atom stereocenters. The van der Waals surface area contributed by atoms with Crippen molar-refractivity contribution in [1.29, 1.82) is 0 Å². The van der Waals surface area contributed by atoms with Crippen molar-refractivity contribution in [2.24, 2.45) is 5.73 Å². The predicted molar refractivity (Wildman–Crippen MR) is 124 cm³/mol. The van der Waals surface area contributed by atoms with Gasteiger partial charge in [0.15, 0.2) is 5.82 Å². The molecule has 1 aromatic heterocycles. The Morgan fingerprint density at radius 3 is 2.34 bits per heavy atom. The number of aromatic nitrogens is 2. The number of hydrogen-bond acceptors (Lipinski definition) is 7. The van der Waals surface area contributed by atoms with Gasteiger partial charge in [0.2, 0.25) is 11.9 Å². The van der Waals surface area contributed by atoms with Crippen molar-refractivity contribution in [2.45, 2.75) is 24.4 Å². The Balaban J connectivity index is 1.73. The van der Waals surface area contributed by atoms with E-state index in [2.05, 4.69) is 20.6 Å². The van der Waals surface area contributed by atoms with E-state index in [0.29, 0.717) is 5.69 Å². The number of alkyl halides is 3. The Hall–Kier alpha value is -3.87. The van der Waals surface area contributed by atoms with Crippen LogP contribution < -0.4 is 20.7 Å². The van der Waals surface area contributed by atoms with Crippen molar-refractivity contribution < 1.29 is 26.4 Å². The van der Waals surface area contributed by atoms with Crippen LogP contribution in [-0.4, -0.2) is 43.6 Å². The smallest absolute Gasteiger partial charge is 0.366 e. The minimum atomic E-state index is -4.51. The Bertz CT molecular complexity index is 1360.